The Morgan fingerprint density at radius 3 is 2.19 bits per heavy atom. The summed E-state index contributed by atoms with van der Waals surface area (Å²) in [4.78, 5) is 20.4. The van der Waals surface area contributed by atoms with Crippen LogP contribution < -0.4 is 0 Å². The summed E-state index contributed by atoms with van der Waals surface area (Å²) in [5, 5.41) is 0. The van der Waals surface area contributed by atoms with Crippen LogP contribution in [0.1, 0.15) is 22.5 Å². The fraction of sp³-hybridized carbons (Fsp3) is 0.115. The summed E-state index contributed by atoms with van der Waals surface area (Å²) in [6.45, 7) is 1.58. The lowest BCUT2D eigenvalue weighted by atomic mass is 10.2. The highest BCUT2D eigenvalue weighted by Gasteiger charge is 2.00. The predicted molar refractivity (Wildman–Crippen MR) is 122 cm³/mol. The summed E-state index contributed by atoms with van der Waals surface area (Å²) < 4.78 is 9.05. The lowest BCUT2D eigenvalue weighted by Gasteiger charge is -2.00. The van der Waals surface area contributed by atoms with Crippen molar-refractivity contribution < 1.29 is 9.53 Å². The normalized spacial score (nSPS) is 10.6. The van der Waals surface area contributed by atoms with Gasteiger partial charge in [0, 0.05) is 31.4 Å². The first-order valence-corrected chi connectivity index (χ1v) is 10.2. The van der Waals surface area contributed by atoms with Crippen molar-refractivity contribution in [1.82, 2.24) is 19.1 Å². The lowest BCUT2D eigenvalue weighted by molar-refractivity contribution is -0.135. The molecule has 0 aliphatic carbocycles. The zero-order valence-electron chi connectivity index (χ0n) is 17.5. The molecule has 6 heteroatoms. The Kier molecular flexibility index (Phi) is 6.92. The van der Waals surface area contributed by atoms with Gasteiger partial charge in [-0.2, -0.15) is 0 Å². The van der Waals surface area contributed by atoms with Crippen molar-refractivity contribution in [2.45, 2.75) is 13.1 Å². The number of carbonyl (C=O) groups is 1. The van der Waals surface area contributed by atoms with Gasteiger partial charge in [-0.1, -0.05) is 60.7 Å². The van der Waals surface area contributed by atoms with E-state index >= 15 is 0 Å². The Morgan fingerprint density at radius 2 is 1.50 bits per heavy atom. The zero-order valence-corrected chi connectivity index (χ0v) is 17.5. The van der Waals surface area contributed by atoms with Crippen LogP contribution in [0.3, 0.4) is 0 Å². The minimum absolute atomic E-state index is 0.126. The van der Waals surface area contributed by atoms with Gasteiger partial charge in [0.15, 0.2) is 0 Å². The highest BCUT2D eigenvalue weighted by atomic mass is 16.5. The summed E-state index contributed by atoms with van der Waals surface area (Å²) in [7, 11) is 0. The maximum absolute atomic E-state index is 11.8. The van der Waals surface area contributed by atoms with E-state index in [1.54, 1.807) is 24.9 Å². The number of ether oxygens (including phenoxy) is 1. The Hall–Kier alpha value is -4.37. The third-order valence-electron chi connectivity index (χ3n) is 4.59. The van der Waals surface area contributed by atoms with E-state index in [2.05, 4.69) is 33.9 Å². The first-order chi connectivity index (χ1) is 15.7. The minimum Gasteiger partial charge on any atom is -0.452 e. The van der Waals surface area contributed by atoms with Gasteiger partial charge in [0.2, 0.25) is 0 Å². The molecule has 0 aliphatic heterocycles. The van der Waals surface area contributed by atoms with Crippen molar-refractivity contribution in [2.75, 3.05) is 6.61 Å². The first-order valence-electron chi connectivity index (χ1n) is 10.2. The molecule has 0 N–H and O–H groups in total. The van der Waals surface area contributed by atoms with E-state index in [1.807, 2.05) is 69.9 Å². The summed E-state index contributed by atoms with van der Waals surface area (Å²) in [5.41, 5.74) is 3.70. The largest absolute Gasteiger partial charge is 0.452 e. The molecular formula is C26H22N4O2. The molecule has 0 unspecified atom stereocenters. The summed E-state index contributed by atoms with van der Waals surface area (Å²) in [6, 6.07) is 20.2. The number of benzene rings is 2. The lowest BCUT2D eigenvalue weighted by Crippen LogP contribution is -2.00. The molecule has 6 nitrogen and oxygen atoms in total. The quantitative estimate of drug-likeness (QED) is 0.336. The van der Waals surface area contributed by atoms with Gasteiger partial charge in [0.25, 0.3) is 0 Å². The predicted octanol–water partition coefficient (Wildman–Crippen LogP) is 3.78. The van der Waals surface area contributed by atoms with Crippen LogP contribution in [0.2, 0.25) is 0 Å². The number of carbonyl (C=O) groups excluding carboxylic acids is 1. The molecule has 0 aliphatic rings. The van der Waals surface area contributed by atoms with Crippen molar-refractivity contribution >= 4 is 12.0 Å². The van der Waals surface area contributed by atoms with Crippen molar-refractivity contribution in [3.63, 3.8) is 0 Å². The van der Waals surface area contributed by atoms with E-state index in [1.165, 1.54) is 11.1 Å². The molecule has 0 fully saturated rings. The number of hydrogen-bond acceptors (Lipinski definition) is 4. The third kappa shape index (κ3) is 6.31. The SMILES string of the molecule is O=C(C#Cc1cn(Cc2ccccc2)cn1)OC/C=C/c1cn(Cc2ccccc2)cn1. The van der Waals surface area contributed by atoms with Crippen molar-refractivity contribution in [3.8, 4) is 11.8 Å². The molecule has 2 aromatic carbocycles. The van der Waals surface area contributed by atoms with Gasteiger partial charge in [-0.15, -0.1) is 0 Å². The number of esters is 1. The zero-order chi connectivity index (χ0) is 22.0. The summed E-state index contributed by atoms with van der Waals surface area (Å²) in [5.74, 6) is 4.61. The Morgan fingerprint density at radius 1 is 0.875 bits per heavy atom. The van der Waals surface area contributed by atoms with Crippen molar-refractivity contribution in [2.24, 2.45) is 0 Å². The van der Waals surface area contributed by atoms with Crippen molar-refractivity contribution in [1.29, 1.82) is 0 Å². The fourth-order valence-corrected chi connectivity index (χ4v) is 3.09. The van der Waals surface area contributed by atoms with Gasteiger partial charge >= 0.3 is 5.97 Å². The highest BCUT2D eigenvalue weighted by molar-refractivity contribution is 5.89. The Balaban J connectivity index is 1.22. The molecule has 0 radical (unpaired) electrons. The second-order valence-corrected chi connectivity index (χ2v) is 7.12. The van der Waals surface area contributed by atoms with E-state index in [4.69, 9.17) is 4.74 Å². The average Bonchev–Trinajstić information content (AvgIpc) is 3.46. The molecule has 32 heavy (non-hydrogen) atoms. The van der Waals surface area contributed by atoms with E-state index in [-0.39, 0.29) is 6.61 Å². The molecule has 0 amide bonds. The van der Waals surface area contributed by atoms with Crippen LogP contribution in [0.4, 0.5) is 0 Å². The molecule has 0 bridgehead atoms. The molecule has 158 valence electrons. The average molecular weight is 422 g/mol. The number of nitrogens with zero attached hydrogens (tertiary/aromatic N) is 4. The second kappa shape index (κ2) is 10.6. The minimum atomic E-state index is -0.595. The monoisotopic (exact) mass is 422 g/mol. The smallest absolute Gasteiger partial charge is 0.385 e. The highest BCUT2D eigenvalue weighted by Crippen LogP contribution is 2.05. The van der Waals surface area contributed by atoms with Gasteiger partial charge in [0.05, 0.1) is 18.3 Å². The summed E-state index contributed by atoms with van der Waals surface area (Å²) >= 11 is 0. The van der Waals surface area contributed by atoms with E-state index in [9.17, 15) is 4.79 Å². The maximum atomic E-state index is 11.8. The summed E-state index contributed by atoms with van der Waals surface area (Å²) in [6.07, 6.45) is 10.8. The van der Waals surface area contributed by atoms with Crippen LogP contribution in [0.5, 0.6) is 0 Å². The Bertz CT molecular complexity index is 1240. The molecule has 0 saturated heterocycles. The molecular weight excluding hydrogens is 400 g/mol. The second-order valence-electron chi connectivity index (χ2n) is 7.12. The van der Waals surface area contributed by atoms with Crippen molar-refractivity contribution in [3.05, 3.63) is 114 Å². The Labute approximate surface area is 186 Å². The van der Waals surface area contributed by atoms with Crippen LogP contribution in [-0.4, -0.2) is 31.7 Å². The molecule has 2 heterocycles. The first kappa shape index (κ1) is 20.9. The number of imidazole rings is 2. The standard InChI is InChI=1S/C26H22N4O2/c31-26(14-13-25-19-30(21-28-25)17-23-10-5-2-6-11-23)32-15-7-12-24-18-29(20-27-24)16-22-8-3-1-4-9-22/h1-12,18-21H,15-17H2/b12-7+. The van der Waals surface area contributed by atoms with Gasteiger partial charge in [-0.25, -0.2) is 14.8 Å². The number of hydrogen-bond donors (Lipinski definition) is 0. The molecule has 0 spiro atoms. The molecule has 4 aromatic rings. The van der Waals surface area contributed by atoms with E-state index < -0.39 is 5.97 Å². The van der Waals surface area contributed by atoms with Gasteiger partial charge in [0.1, 0.15) is 12.3 Å². The van der Waals surface area contributed by atoms with Crippen LogP contribution in [0, 0.1) is 11.8 Å². The number of rotatable bonds is 7. The van der Waals surface area contributed by atoms with E-state index in [0.717, 1.165) is 12.2 Å². The van der Waals surface area contributed by atoms with Crippen LogP contribution in [0.25, 0.3) is 6.08 Å². The molecule has 0 atom stereocenters. The van der Waals surface area contributed by atoms with E-state index in [0.29, 0.717) is 12.2 Å². The molecule has 4 rings (SSSR count). The van der Waals surface area contributed by atoms with Gasteiger partial charge < -0.3 is 13.9 Å². The van der Waals surface area contributed by atoms with Crippen LogP contribution in [-0.2, 0) is 22.6 Å². The van der Waals surface area contributed by atoms with Crippen LogP contribution >= 0.6 is 0 Å². The van der Waals surface area contributed by atoms with Gasteiger partial charge in [-0.3, -0.25) is 0 Å². The number of aromatic nitrogens is 4. The fourth-order valence-electron chi connectivity index (χ4n) is 3.09. The molecule has 0 saturated carbocycles. The third-order valence-corrected chi connectivity index (χ3v) is 4.59. The van der Waals surface area contributed by atoms with Crippen LogP contribution in [0.15, 0.2) is 91.8 Å². The maximum Gasteiger partial charge on any atom is 0.385 e. The molecule has 2 aromatic heterocycles. The van der Waals surface area contributed by atoms with Gasteiger partial charge in [-0.05, 0) is 29.2 Å². The topological polar surface area (TPSA) is 61.9 Å².